The van der Waals surface area contributed by atoms with Gasteiger partial charge in [-0.05, 0) is 52.7 Å². The smallest absolute Gasteiger partial charge is 0.133 e. The van der Waals surface area contributed by atoms with Crippen LogP contribution < -0.4 is 9.47 Å². The first-order valence-corrected chi connectivity index (χ1v) is 7.84. The zero-order valence-corrected chi connectivity index (χ0v) is 14.0. The highest BCUT2D eigenvalue weighted by molar-refractivity contribution is 9.10. The zero-order chi connectivity index (χ0) is 13.3. The van der Waals surface area contributed by atoms with Crippen molar-refractivity contribution in [1.82, 2.24) is 0 Å². The second kappa shape index (κ2) is 5.83. The van der Waals surface area contributed by atoms with Crippen LogP contribution in [-0.4, -0.2) is 14.2 Å². The third kappa shape index (κ3) is 2.85. The second-order valence-corrected chi connectivity index (χ2v) is 6.67. The molecule has 0 radical (unpaired) electrons. The Labute approximate surface area is 125 Å². The predicted octanol–water partition coefficient (Wildman–Crippen LogP) is 4.95. The number of ether oxygens (including phenoxy) is 2. The molecule has 0 N–H and O–H groups in total. The molecule has 0 heterocycles. The highest BCUT2D eigenvalue weighted by Crippen LogP contribution is 2.49. The molecular weight excluding hydrogens is 360 g/mol. The van der Waals surface area contributed by atoms with E-state index in [1.54, 1.807) is 14.2 Å². The first-order valence-electron chi connectivity index (χ1n) is 6.14. The molecule has 18 heavy (non-hydrogen) atoms. The molecule has 0 aromatic heterocycles. The number of hydrogen-bond acceptors (Lipinski definition) is 2. The Kier molecular flexibility index (Phi) is 4.59. The highest BCUT2D eigenvalue weighted by atomic mass is 79.9. The minimum atomic E-state index is 0.307. The van der Waals surface area contributed by atoms with Crippen LogP contribution in [0.4, 0.5) is 0 Å². The summed E-state index contributed by atoms with van der Waals surface area (Å²) in [6.45, 7) is 2.30. The van der Waals surface area contributed by atoms with Crippen molar-refractivity contribution < 1.29 is 9.47 Å². The summed E-state index contributed by atoms with van der Waals surface area (Å²) in [5, 5.41) is 0. The highest BCUT2D eigenvalue weighted by Gasteiger charge is 2.34. The van der Waals surface area contributed by atoms with Gasteiger partial charge in [0.2, 0.25) is 0 Å². The lowest BCUT2D eigenvalue weighted by Gasteiger charge is -2.21. The Morgan fingerprint density at radius 2 is 1.78 bits per heavy atom. The number of rotatable bonds is 5. The van der Waals surface area contributed by atoms with Crippen molar-refractivity contribution in [3.8, 4) is 11.5 Å². The normalized spacial score (nSPS) is 18.3. The molecule has 100 valence electrons. The molecule has 1 saturated carbocycles. The molecule has 0 spiro atoms. The molecule has 1 aliphatic rings. The van der Waals surface area contributed by atoms with Crippen molar-refractivity contribution in [2.45, 2.75) is 24.6 Å². The summed E-state index contributed by atoms with van der Waals surface area (Å²) >= 11 is 7.31. The number of halogens is 2. The van der Waals surface area contributed by atoms with E-state index in [4.69, 9.17) is 9.47 Å². The molecule has 0 bridgehead atoms. The van der Waals surface area contributed by atoms with Crippen LogP contribution in [0.15, 0.2) is 16.6 Å². The monoisotopic (exact) mass is 376 g/mol. The lowest BCUT2D eigenvalue weighted by Crippen LogP contribution is -2.07. The van der Waals surface area contributed by atoms with Crippen LogP contribution in [0.5, 0.6) is 11.5 Å². The van der Waals surface area contributed by atoms with Gasteiger partial charge in [-0.2, -0.15) is 0 Å². The van der Waals surface area contributed by atoms with E-state index in [2.05, 4.69) is 44.8 Å². The minimum absolute atomic E-state index is 0.307. The lowest BCUT2D eigenvalue weighted by molar-refractivity contribution is 0.390. The predicted molar refractivity (Wildman–Crippen MR) is 80.8 cm³/mol. The van der Waals surface area contributed by atoms with E-state index >= 15 is 0 Å². The van der Waals surface area contributed by atoms with Gasteiger partial charge in [0.1, 0.15) is 11.5 Å². The van der Waals surface area contributed by atoms with E-state index in [-0.39, 0.29) is 0 Å². The van der Waals surface area contributed by atoms with Gasteiger partial charge in [-0.15, -0.1) is 0 Å². The van der Waals surface area contributed by atoms with Crippen molar-refractivity contribution >= 4 is 31.9 Å². The van der Waals surface area contributed by atoms with E-state index in [1.165, 1.54) is 12.8 Å². The van der Waals surface area contributed by atoms with E-state index < -0.39 is 0 Å². The van der Waals surface area contributed by atoms with Crippen LogP contribution in [0.3, 0.4) is 0 Å². The van der Waals surface area contributed by atoms with E-state index in [1.807, 2.05) is 6.07 Å². The molecule has 1 aromatic rings. The Balaban J connectivity index is 2.34. The molecule has 0 amide bonds. The molecule has 0 aliphatic heterocycles. The van der Waals surface area contributed by atoms with Crippen molar-refractivity contribution in [2.75, 3.05) is 14.2 Å². The molecule has 1 aromatic carbocycles. The lowest BCUT2D eigenvalue weighted by atomic mass is 9.96. The quantitative estimate of drug-likeness (QED) is 0.676. The van der Waals surface area contributed by atoms with Crippen LogP contribution in [-0.2, 0) is 0 Å². The topological polar surface area (TPSA) is 18.5 Å². The Morgan fingerprint density at radius 3 is 2.28 bits per heavy atom. The number of methoxy groups -OCH3 is 2. The van der Waals surface area contributed by atoms with Gasteiger partial charge in [-0.3, -0.25) is 0 Å². The molecule has 2 atom stereocenters. The molecule has 1 fully saturated rings. The summed E-state index contributed by atoms with van der Waals surface area (Å²) in [7, 11) is 3.39. The molecule has 4 heteroatoms. The fraction of sp³-hybridized carbons (Fsp3) is 0.571. The van der Waals surface area contributed by atoms with Crippen LogP contribution in [0.1, 0.15) is 30.2 Å². The average Bonchev–Trinajstić information content (AvgIpc) is 3.20. The summed E-state index contributed by atoms with van der Waals surface area (Å²) in [5.74, 6) is 3.20. The largest absolute Gasteiger partial charge is 0.496 e. The summed E-state index contributed by atoms with van der Waals surface area (Å²) in [4.78, 5) is 0.307. The van der Waals surface area contributed by atoms with Gasteiger partial charge in [-0.1, -0.05) is 22.9 Å². The van der Waals surface area contributed by atoms with Gasteiger partial charge in [0, 0.05) is 10.4 Å². The van der Waals surface area contributed by atoms with Gasteiger partial charge in [0.25, 0.3) is 0 Å². The summed E-state index contributed by atoms with van der Waals surface area (Å²) < 4.78 is 11.8. The van der Waals surface area contributed by atoms with Crippen molar-refractivity contribution in [2.24, 2.45) is 11.8 Å². The van der Waals surface area contributed by atoms with E-state index in [0.717, 1.165) is 27.5 Å². The van der Waals surface area contributed by atoms with Crippen molar-refractivity contribution in [3.63, 3.8) is 0 Å². The zero-order valence-electron chi connectivity index (χ0n) is 10.9. The molecule has 2 nitrogen and oxygen atoms in total. The Morgan fingerprint density at radius 1 is 1.17 bits per heavy atom. The van der Waals surface area contributed by atoms with Crippen molar-refractivity contribution in [3.05, 3.63) is 22.2 Å². The van der Waals surface area contributed by atoms with Crippen molar-refractivity contribution in [1.29, 1.82) is 0 Å². The second-order valence-electron chi connectivity index (χ2n) is 4.83. The SMILES string of the molecule is COc1cc(C(Br)C(C)C2CC2)c(OC)cc1Br. The minimum Gasteiger partial charge on any atom is -0.496 e. The van der Waals surface area contributed by atoms with Gasteiger partial charge < -0.3 is 9.47 Å². The molecule has 2 unspecified atom stereocenters. The van der Waals surface area contributed by atoms with Gasteiger partial charge in [0.05, 0.1) is 18.7 Å². The van der Waals surface area contributed by atoms with Gasteiger partial charge in [0.15, 0.2) is 0 Å². The molecule has 1 aliphatic carbocycles. The van der Waals surface area contributed by atoms with Crippen LogP contribution >= 0.6 is 31.9 Å². The maximum atomic E-state index is 5.48. The number of hydrogen-bond donors (Lipinski definition) is 0. The summed E-state index contributed by atoms with van der Waals surface area (Å²) in [6.07, 6.45) is 2.69. The van der Waals surface area contributed by atoms with Gasteiger partial charge in [-0.25, -0.2) is 0 Å². The van der Waals surface area contributed by atoms with Gasteiger partial charge >= 0.3 is 0 Å². The van der Waals surface area contributed by atoms with Crippen LogP contribution in [0.25, 0.3) is 0 Å². The maximum absolute atomic E-state index is 5.48. The maximum Gasteiger partial charge on any atom is 0.133 e. The first kappa shape index (κ1) is 14.2. The average molecular weight is 378 g/mol. The number of benzene rings is 1. The van der Waals surface area contributed by atoms with Crippen LogP contribution in [0, 0.1) is 11.8 Å². The fourth-order valence-corrected chi connectivity index (χ4v) is 3.52. The molecular formula is C14H18Br2O2. The van der Waals surface area contributed by atoms with Crippen LogP contribution in [0.2, 0.25) is 0 Å². The van der Waals surface area contributed by atoms with E-state index in [0.29, 0.717) is 10.7 Å². The fourth-order valence-electron chi connectivity index (χ4n) is 2.24. The Bertz CT molecular complexity index is 430. The van der Waals surface area contributed by atoms with E-state index in [9.17, 15) is 0 Å². The third-order valence-electron chi connectivity index (χ3n) is 3.63. The standard InChI is InChI=1S/C14H18Br2O2/c1-8(9-4-5-9)14(16)10-6-13(18-3)11(15)7-12(10)17-2/h6-9,14H,4-5H2,1-3H3. The third-order valence-corrected chi connectivity index (χ3v) is 5.58. The first-order chi connectivity index (χ1) is 8.58. The molecule has 2 rings (SSSR count). The number of alkyl halides is 1. The molecule has 0 saturated heterocycles. The Hall–Kier alpha value is -0.220. The summed E-state index contributed by atoms with van der Waals surface area (Å²) in [6, 6.07) is 4.03. The summed E-state index contributed by atoms with van der Waals surface area (Å²) in [5.41, 5.74) is 1.16.